The summed E-state index contributed by atoms with van der Waals surface area (Å²) < 4.78 is 0. The van der Waals surface area contributed by atoms with Crippen molar-refractivity contribution in [1.29, 1.82) is 0 Å². The minimum Gasteiger partial charge on any atom is -0.507 e. The van der Waals surface area contributed by atoms with Crippen molar-refractivity contribution in [3.8, 4) is 22.6 Å². The maximum atomic E-state index is 11.8. The van der Waals surface area contributed by atoms with Gasteiger partial charge in [0.05, 0.1) is 6.04 Å². The van der Waals surface area contributed by atoms with Gasteiger partial charge in [0.15, 0.2) is 0 Å². The molecule has 3 nitrogen and oxygen atoms in total. The molecule has 0 aliphatic heterocycles. The molecule has 0 saturated carbocycles. The Bertz CT molecular complexity index is 2120. The first-order valence-electron chi connectivity index (χ1n) is 15.1. The standard InChI is InChI=1S/C41H32NO2P/c1-28(34-20-12-13-23-38(34)45(32-16-4-2-5-17-32)33-18-6-3-7-19-33)42-27-31-26-30-15-9-11-22-36(30)40(41(31)44)39-35-21-10-8-14-29(35)24-25-37(39)43/h2-28,43-44H,1H3. The van der Waals surface area contributed by atoms with Gasteiger partial charge in [0, 0.05) is 22.9 Å². The van der Waals surface area contributed by atoms with E-state index in [1.54, 1.807) is 12.3 Å². The first kappa shape index (κ1) is 28.5. The van der Waals surface area contributed by atoms with Crippen LogP contribution in [0.1, 0.15) is 24.1 Å². The smallest absolute Gasteiger partial charge is 0.132 e. The van der Waals surface area contributed by atoms with Gasteiger partial charge in [-0.25, -0.2) is 0 Å². The minimum absolute atomic E-state index is 0.0976. The van der Waals surface area contributed by atoms with Crippen molar-refractivity contribution >= 4 is 51.6 Å². The molecule has 0 aliphatic carbocycles. The summed E-state index contributed by atoms with van der Waals surface area (Å²) in [6, 6.07) is 51.2. The summed E-state index contributed by atoms with van der Waals surface area (Å²) in [6.07, 6.45) is 1.78. The minimum atomic E-state index is -0.801. The SMILES string of the molecule is CC(N=Cc1cc2ccccc2c(-c2c(O)ccc3ccccc23)c1O)c1ccccc1P(c1ccccc1)c1ccccc1. The molecule has 0 heterocycles. The molecule has 7 aromatic rings. The van der Waals surface area contributed by atoms with E-state index in [1.165, 1.54) is 15.9 Å². The third-order valence-corrected chi connectivity index (χ3v) is 10.8. The molecule has 1 atom stereocenters. The normalized spacial score (nSPS) is 12.3. The first-order chi connectivity index (χ1) is 22.1. The molecule has 218 valence electrons. The molecule has 0 fully saturated rings. The Balaban J connectivity index is 1.34. The summed E-state index contributed by atoms with van der Waals surface area (Å²) >= 11 is 0. The average Bonchev–Trinajstić information content (AvgIpc) is 3.09. The summed E-state index contributed by atoms with van der Waals surface area (Å²) in [4.78, 5) is 5.05. The molecule has 7 rings (SSSR count). The van der Waals surface area contributed by atoms with Crippen LogP contribution < -0.4 is 15.9 Å². The van der Waals surface area contributed by atoms with Gasteiger partial charge in [-0.05, 0) is 70.0 Å². The fraction of sp³-hybridized carbons (Fsp3) is 0.0488. The topological polar surface area (TPSA) is 52.8 Å². The second-order valence-electron chi connectivity index (χ2n) is 11.1. The van der Waals surface area contributed by atoms with E-state index in [0.29, 0.717) is 16.7 Å². The summed E-state index contributed by atoms with van der Waals surface area (Å²) in [7, 11) is -0.801. The van der Waals surface area contributed by atoms with Crippen molar-refractivity contribution in [1.82, 2.24) is 0 Å². The summed E-state index contributed by atoms with van der Waals surface area (Å²) in [5.74, 6) is 0.223. The number of nitrogens with zero attached hydrogens (tertiary/aromatic N) is 1. The highest BCUT2D eigenvalue weighted by Gasteiger charge is 2.22. The zero-order valence-electron chi connectivity index (χ0n) is 24.9. The van der Waals surface area contributed by atoms with Crippen molar-refractivity contribution in [3.05, 3.63) is 163 Å². The van der Waals surface area contributed by atoms with Gasteiger partial charge in [-0.2, -0.15) is 0 Å². The maximum absolute atomic E-state index is 11.8. The van der Waals surface area contributed by atoms with E-state index in [-0.39, 0.29) is 17.5 Å². The van der Waals surface area contributed by atoms with Gasteiger partial charge in [-0.15, -0.1) is 0 Å². The quantitative estimate of drug-likeness (QED) is 0.142. The predicted molar refractivity (Wildman–Crippen MR) is 191 cm³/mol. The van der Waals surface area contributed by atoms with Gasteiger partial charge in [0.2, 0.25) is 0 Å². The Morgan fingerprint density at radius 3 is 1.82 bits per heavy atom. The number of hydrogen-bond acceptors (Lipinski definition) is 3. The van der Waals surface area contributed by atoms with Crippen LogP contribution in [0.25, 0.3) is 32.7 Å². The Hall–Kier alpha value is -5.24. The summed E-state index contributed by atoms with van der Waals surface area (Å²) in [5, 5.41) is 30.5. The molecule has 0 amide bonds. The van der Waals surface area contributed by atoms with Crippen LogP contribution in [-0.4, -0.2) is 16.4 Å². The fourth-order valence-corrected chi connectivity index (χ4v) is 8.68. The molecule has 2 N–H and O–H groups in total. The number of phenols is 2. The lowest BCUT2D eigenvalue weighted by molar-refractivity contribution is 0.470. The first-order valence-corrected chi connectivity index (χ1v) is 16.4. The van der Waals surface area contributed by atoms with Gasteiger partial charge < -0.3 is 10.2 Å². The molecule has 45 heavy (non-hydrogen) atoms. The van der Waals surface area contributed by atoms with Gasteiger partial charge >= 0.3 is 0 Å². The number of phenolic OH excluding ortho intramolecular Hbond substituents is 2. The molecule has 0 saturated heterocycles. The van der Waals surface area contributed by atoms with Crippen LogP contribution in [0, 0.1) is 0 Å². The third kappa shape index (κ3) is 5.48. The van der Waals surface area contributed by atoms with E-state index in [0.717, 1.165) is 27.1 Å². The van der Waals surface area contributed by atoms with Gasteiger partial charge in [-0.1, -0.05) is 140 Å². The second kappa shape index (κ2) is 12.4. The second-order valence-corrected chi connectivity index (χ2v) is 13.3. The van der Waals surface area contributed by atoms with E-state index >= 15 is 0 Å². The van der Waals surface area contributed by atoms with Crippen LogP contribution in [0.15, 0.2) is 157 Å². The van der Waals surface area contributed by atoms with E-state index in [2.05, 4.69) is 91.9 Å². The molecule has 1 unspecified atom stereocenters. The highest BCUT2D eigenvalue weighted by Crippen LogP contribution is 2.46. The zero-order valence-corrected chi connectivity index (χ0v) is 25.8. The Kier molecular flexibility index (Phi) is 7.86. The molecule has 0 aromatic heterocycles. The fourth-order valence-electron chi connectivity index (χ4n) is 6.13. The van der Waals surface area contributed by atoms with Crippen molar-refractivity contribution in [2.45, 2.75) is 13.0 Å². The van der Waals surface area contributed by atoms with Gasteiger partial charge in [0.1, 0.15) is 11.5 Å². The molecule has 0 bridgehead atoms. The molecule has 7 aromatic carbocycles. The van der Waals surface area contributed by atoms with Crippen LogP contribution in [0.3, 0.4) is 0 Å². The Morgan fingerprint density at radius 2 is 1.13 bits per heavy atom. The number of aliphatic imine (C=N–C) groups is 1. The number of benzene rings is 7. The van der Waals surface area contributed by atoms with Gasteiger partial charge in [-0.3, -0.25) is 4.99 Å². The lowest BCUT2D eigenvalue weighted by Crippen LogP contribution is -2.23. The Morgan fingerprint density at radius 1 is 0.578 bits per heavy atom. The number of fused-ring (bicyclic) bond motifs is 2. The maximum Gasteiger partial charge on any atom is 0.132 e. The predicted octanol–water partition coefficient (Wildman–Crippen LogP) is 9.01. The number of rotatable bonds is 7. The summed E-state index contributed by atoms with van der Waals surface area (Å²) in [6.45, 7) is 2.11. The van der Waals surface area contributed by atoms with E-state index < -0.39 is 7.92 Å². The van der Waals surface area contributed by atoms with Crippen molar-refractivity contribution < 1.29 is 10.2 Å². The van der Waals surface area contributed by atoms with Crippen LogP contribution in [0.5, 0.6) is 11.5 Å². The highest BCUT2D eigenvalue weighted by atomic mass is 31.1. The lowest BCUT2D eigenvalue weighted by Gasteiger charge is -2.23. The third-order valence-electron chi connectivity index (χ3n) is 8.30. The van der Waals surface area contributed by atoms with Crippen LogP contribution >= 0.6 is 7.92 Å². The molecular weight excluding hydrogens is 569 g/mol. The highest BCUT2D eigenvalue weighted by molar-refractivity contribution is 7.79. The average molecular weight is 602 g/mol. The van der Waals surface area contributed by atoms with Gasteiger partial charge in [0.25, 0.3) is 0 Å². The number of hydrogen-bond donors (Lipinski definition) is 2. The van der Waals surface area contributed by atoms with Crippen LogP contribution in [0.2, 0.25) is 0 Å². The zero-order chi connectivity index (χ0) is 30.8. The number of aromatic hydroxyl groups is 2. The molecule has 0 spiro atoms. The van der Waals surface area contributed by atoms with Crippen molar-refractivity contribution in [2.24, 2.45) is 4.99 Å². The van der Waals surface area contributed by atoms with Crippen LogP contribution in [-0.2, 0) is 0 Å². The van der Waals surface area contributed by atoms with Crippen molar-refractivity contribution in [3.63, 3.8) is 0 Å². The van der Waals surface area contributed by atoms with Crippen molar-refractivity contribution in [2.75, 3.05) is 0 Å². The van der Waals surface area contributed by atoms with Crippen LogP contribution in [0.4, 0.5) is 0 Å². The molecule has 4 heteroatoms. The Labute approximate surface area is 264 Å². The molecule has 0 radical (unpaired) electrons. The summed E-state index contributed by atoms with van der Waals surface area (Å²) in [5.41, 5.74) is 2.98. The molecular formula is C41H32NO2P. The largest absolute Gasteiger partial charge is 0.507 e. The van der Waals surface area contributed by atoms with E-state index in [4.69, 9.17) is 4.99 Å². The molecule has 0 aliphatic rings. The van der Waals surface area contributed by atoms with E-state index in [9.17, 15) is 10.2 Å². The monoisotopic (exact) mass is 601 g/mol. The lowest BCUT2D eigenvalue weighted by atomic mass is 9.90. The van der Waals surface area contributed by atoms with E-state index in [1.807, 2.05) is 60.7 Å².